The van der Waals surface area contributed by atoms with Crippen LogP contribution in [0.15, 0.2) is 41.1 Å². The highest BCUT2D eigenvalue weighted by Gasteiger charge is 2.06. The van der Waals surface area contributed by atoms with Gasteiger partial charge in [0.2, 0.25) is 0 Å². The number of anilines is 1. The Hall–Kier alpha value is -1.66. The summed E-state index contributed by atoms with van der Waals surface area (Å²) in [5.41, 5.74) is 3.51. The van der Waals surface area contributed by atoms with E-state index >= 15 is 0 Å². The van der Waals surface area contributed by atoms with Gasteiger partial charge in [-0.25, -0.2) is 10.5 Å². The number of rotatable bonds is 5. The first-order valence-corrected chi connectivity index (χ1v) is 6.06. The SMILES string of the molecule is CONc1ncc(Br)cc1OCc1ccccn1. The first-order chi connectivity index (χ1) is 8.79. The van der Waals surface area contributed by atoms with Gasteiger partial charge in [0.1, 0.15) is 6.61 Å². The molecule has 0 saturated carbocycles. The van der Waals surface area contributed by atoms with Gasteiger partial charge in [-0.3, -0.25) is 9.82 Å². The van der Waals surface area contributed by atoms with Crippen LogP contribution >= 0.6 is 15.9 Å². The molecule has 0 aliphatic heterocycles. The molecule has 94 valence electrons. The predicted octanol–water partition coefficient (Wildman–Crippen LogP) is 2.79. The summed E-state index contributed by atoms with van der Waals surface area (Å²) < 4.78 is 6.49. The maximum atomic E-state index is 5.66. The van der Waals surface area contributed by atoms with E-state index in [1.807, 2.05) is 24.3 Å². The number of halogens is 1. The lowest BCUT2D eigenvalue weighted by molar-refractivity contribution is 0.258. The number of pyridine rings is 2. The van der Waals surface area contributed by atoms with Crippen LogP contribution in [0, 0.1) is 0 Å². The average molecular weight is 310 g/mol. The molecular weight excluding hydrogens is 298 g/mol. The van der Waals surface area contributed by atoms with Crippen molar-refractivity contribution >= 4 is 21.7 Å². The molecule has 2 rings (SSSR count). The smallest absolute Gasteiger partial charge is 0.192 e. The molecule has 0 radical (unpaired) electrons. The summed E-state index contributed by atoms with van der Waals surface area (Å²) in [4.78, 5) is 13.2. The Kier molecular flexibility index (Phi) is 4.49. The fourth-order valence-electron chi connectivity index (χ4n) is 1.34. The van der Waals surface area contributed by atoms with Gasteiger partial charge >= 0.3 is 0 Å². The van der Waals surface area contributed by atoms with E-state index in [-0.39, 0.29) is 0 Å². The predicted molar refractivity (Wildman–Crippen MR) is 71.1 cm³/mol. The number of nitrogens with one attached hydrogen (secondary N) is 1. The van der Waals surface area contributed by atoms with E-state index < -0.39 is 0 Å². The minimum absolute atomic E-state index is 0.372. The zero-order valence-corrected chi connectivity index (χ0v) is 11.3. The minimum Gasteiger partial charge on any atom is -0.483 e. The van der Waals surface area contributed by atoms with Gasteiger partial charge < -0.3 is 4.74 Å². The lowest BCUT2D eigenvalue weighted by Gasteiger charge is -2.11. The van der Waals surface area contributed by atoms with Gasteiger partial charge in [-0.05, 0) is 34.1 Å². The van der Waals surface area contributed by atoms with E-state index in [9.17, 15) is 0 Å². The van der Waals surface area contributed by atoms with Gasteiger partial charge in [0.05, 0.1) is 12.8 Å². The van der Waals surface area contributed by atoms with Crippen molar-refractivity contribution in [1.29, 1.82) is 0 Å². The molecule has 2 aromatic heterocycles. The largest absolute Gasteiger partial charge is 0.483 e. The summed E-state index contributed by atoms with van der Waals surface area (Å²) in [6, 6.07) is 7.49. The Labute approximate surface area is 113 Å². The third-order valence-electron chi connectivity index (χ3n) is 2.12. The molecule has 0 aliphatic rings. The van der Waals surface area contributed by atoms with Crippen LogP contribution in [0.1, 0.15) is 5.69 Å². The van der Waals surface area contributed by atoms with Crippen molar-refractivity contribution in [2.45, 2.75) is 6.61 Å². The van der Waals surface area contributed by atoms with Crippen molar-refractivity contribution in [2.75, 3.05) is 12.6 Å². The zero-order valence-electron chi connectivity index (χ0n) is 9.76. The molecule has 2 aromatic rings. The number of hydrogen-bond donors (Lipinski definition) is 1. The first kappa shape index (κ1) is 12.8. The normalized spacial score (nSPS) is 10.1. The summed E-state index contributed by atoms with van der Waals surface area (Å²) in [6.45, 7) is 0.372. The quantitative estimate of drug-likeness (QED) is 0.861. The van der Waals surface area contributed by atoms with Crippen molar-refractivity contribution in [2.24, 2.45) is 0 Å². The van der Waals surface area contributed by atoms with E-state index in [0.29, 0.717) is 18.2 Å². The molecule has 0 unspecified atom stereocenters. The second-order valence-corrected chi connectivity index (χ2v) is 4.33. The lowest BCUT2D eigenvalue weighted by Crippen LogP contribution is -2.04. The van der Waals surface area contributed by atoms with Gasteiger partial charge in [-0.1, -0.05) is 6.07 Å². The summed E-state index contributed by atoms with van der Waals surface area (Å²) in [6.07, 6.45) is 3.39. The topological polar surface area (TPSA) is 56.3 Å². The van der Waals surface area contributed by atoms with Crippen molar-refractivity contribution in [1.82, 2.24) is 9.97 Å². The molecule has 0 saturated heterocycles. The van der Waals surface area contributed by atoms with Gasteiger partial charge in [-0.2, -0.15) is 0 Å². The Morgan fingerprint density at radius 3 is 2.94 bits per heavy atom. The van der Waals surface area contributed by atoms with Crippen molar-refractivity contribution < 1.29 is 9.57 Å². The maximum absolute atomic E-state index is 5.66. The van der Waals surface area contributed by atoms with E-state index in [2.05, 4.69) is 31.4 Å². The molecule has 2 heterocycles. The molecular formula is C12H12BrN3O2. The molecule has 0 aliphatic carbocycles. The molecule has 0 amide bonds. The molecule has 0 aromatic carbocycles. The second kappa shape index (κ2) is 6.32. The minimum atomic E-state index is 0.372. The molecule has 0 atom stereocenters. The lowest BCUT2D eigenvalue weighted by atomic mass is 10.3. The Balaban J connectivity index is 2.10. The second-order valence-electron chi connectivity index (χ2n) is 3.42. The van der Waals surface area contributed by atoms with Crippen LogP contribution in [-0.2, 0) is 11.4 Å². The number of aromatic nitrogens is 2. The molecule has 0 spiro atoms. The Morgan fingerprint density at radius 2 is 2.22 bits per heavy atom. The highest BCUT2D eigenvalue weighted by Crippen LogP contribution is 2.26. The van der Waals surface area contributed by atoms with Gasteiger partial charge in [0, 0.05) is 16.9 Å². The number of ether oxygens (including phenoxy) is 1. The van der Waals surface area contributed by atoms with E-state index in [0.717, 1.165) is 10.2 Å². The molecule has 1 N–H and O–H groups in total. The fourth-order valence-corrected chi connectivity index (χ4v) is 1.65. The van der Waals surface area contributed by atoms with Crippen LogP contribution in [0.5, 0.6) is 5.75 Å². The summed E-state index contributed by atoms with van der Waals surface area (Å²) in [5.74, 6) is 1.12. The molecule has 5 nitrogen and oxygen atoms in total. The van der Waals surface area contributed by atoms with Crippen LogP contribution in [0.4, 0.5) is 5.82 Å². The first-order valence-electron chi connectivity index (χ1n) is 5.27. The van der Waals surface area contributed by atoms with E-state index in [1.54, 1.807) is 12.4 Å². The summed E-state index contributed by atoms with van der Waals surface area (Å²) >= 11 is 3.35. The standard InChI is InChI=1S/C12H12BrN3O2/c1-17-16-12-11(6-9(13)7-15-12)18-8-10-4-2-3-5-14-10/h2-7H,8H2,1H3,(H,15,16). The molecule has 0 fully saturated rings. The average Bonchev–Trinajstić information content (AvgIpc) is 2.40. The van der Waals surface area contributed by atoms with Crippen LogP contribution in [-0.4, -0.2) is 17.1 Å². The van der Waals surface area contributed by atoms with Crippen molar-refractivity contribution in [3.63, 3.8) is 0 Å². The zero-order chi connectivity index (χ0) is 12.8. The molecule has 18 heavy (non-hydrogen) atoms. The monoisotopic (exact) mass is 309 g/mol. The molecule has 6 heteroatoms. The van der Waals surface area contributed by atoms with Gasteiger partial charge in [0.15, 0.2) is 11.6 Å². The fraction of sp³-hybridized carbons (Fsp3) is 0.167. The molecule has 0 bridgehead atoms. The van der Waals surface area contributed by atoms with Crippen LogP contribution < -0.4 is 10.2 Å². The van der Waals surface area contributed by atoms with E-state index in [4.69, 9.17) is 9.57 Å². The third-order valence-corrected chi connectivity index (χ3v) is 2.55. The van der Waals surface area contributed by atoms with Crippen LogP contribution in [0.3, 0.4) is 0 Å². The number of hydrogen-bond acceptors (Lipinski definition) is 5. The maximum Gasteiger partial charge on any atom is 0.192 e. The van der Waals surface area contributed by atoms with Gasteiger partial charge in [-0.15, -0.1) is 0 Å². The summed E-state index contributed by atoms with van der Waals surface area (Å²) in [5, 5.41) is 0. The highest BCUT2D eigenvalue weighted by molar-refractivity contribution is 9.10. The third kappa shape index (κ3) is 3.41. The van der Waals surface area contributed by atoms with Crippen LogP contribution in [0.2, 0.25) is 0 Å². The van der Waals surface area contributed by atoms with Crippen LogP contribution in [0.25, 0.3) is 0 Å². The Morgan fingerprint density at radius 1 is 1.33 bits per heavy atom. The van der Waals surface area contributed by atoms with Gasteiger partial charge in [0.25, 0.3) is 0 Å². The number of nitrogens with zero attached hydrogens (tertiary/aromatic N) is 2. The van der Waals surface area contributed by atoms with E-state index in [1.165, 1.54) is 7.11 Å². The van der Waals surface area contributed by atoms with Crippen molar-refractivity contribution in [3.05, 3.63) is 46.8 Å². The summed E-state index contributed by atoms with van der Waals surface area (Å²) in [7, 11) is 1.52. The highest BCUT2D eigenvalue weighted by atomic mass is 79.9. The van der Waals surface area contributed by atoms with Crippen molar-refractivity contribution in [3.8, 4) is 5.75 Å². The Bertz CT molecular complexity index is 508.